The molecule has 0 saturated heterocycles. The van der Waals surface area contributed by atoms with E-state index < -0.39 is 0 Å². The number of ether oxygens (including phenoxy) is 1. The largest absolute Gasteiger partial charge is 0.495 e. The fourth-order valence-corrected chi connectivity index (χ4v) is 3.68. The van der Waals surface area contributed by atoms with Gasteiger partial charge in [-0.1, -0.05) is 11.6 Å². The minimum absolute atomic E-state index is 0.0373. The summed E-state index contributed by atoms with van der Waals surface area (Å²) >= 11 is 6.27. The molecule has 3 heterocycles. The molecule has 0 bridgehead atoms. The maximum absolute atomic E-state index is 13.3. The Labute approximate surface area is 162 Å². The van der Waals surface area contributed by atoms with Gasteiger partial charge in [0.15, 0.2) is 0 Å². The Bertz CT molecular complexity index is 1030. The van der Waals surface area contributed by atoms with E-state index in [-0.39, 0.29) is 11.9 Å². The second-order valence-electron chi connectivity index (χ2n) is 6.62. The second-order valence-corrected chi connectivity index (χ2v) is 7.03. The average molecular weight is 383 g/mol. The topological polar surface area (TPSA) is 60.2 Å². The van der Waals surface area contributed by atoms with Crippen LogP contribution in [0.15, 0.2) is 42.7 Å². The lowest BCUT2D eigenvalue weighted by molar-refractivity contribution is 0.0954. The van der Waals surface area contributed by atoms with Crippen molar-refractivity contribution in [2.24, 2.45) is 0 Å². The first-order valence-electron chi connectivity index (χ1n) is 8.65. The van der Waals surface area contributed by atoms with Crippen molar-refractivity contribution in [3.63, 3.8) is 0 Å². The number of nitrogens with zero attached hydrogens (tertiary/aromatic N) is 4. The smallest absolute Gasteiger partial charge is 0.277 e. The van der Waals surface area contributed by atoms with Crippen molar-refractivity contribution >= 4 is 23.2 Å². The number of pyridine rings is 1. The van der Waals surface area contributed by atoms with E-state index in [9.17, 15) is 4.79 Å². The van der Waals surface area contributed by atoms with Crippen LogP contribution < -0.4 is 9.64 Å². The van der Waals surface area contributed by atoms with Gasteiger partial charge >= 0.3 is 0 Å². The standard InChI is InChI=1S/C20H19ClN4O2/c1-12-8-14(6-7-22-12)16-10-23-25-13(2)11-24(20(26)19(16)25)15-4-5-18(27-3)17(21)9-15/h4-10,13H,11H2,1-3H3/t13-/m0/s1. The van der Waals surface area contributed by atoms with Crippen molar-refractivity contribution in [3.8, 4) is 16.9 Å². The Morgan fingerprint density at radius 1 is 1.26 bits per heavy atom. The normalized spacial score (nSPS) is 16.4. The van der Waals surface area contributed by atoms with E-state index in [0.29, 0.717) is 23.0 Å². The third kappa shape index (κ3) is 2.96. The molecule has 0 saturated carbocycles. The number of rotatable bonds is 3. The quantitative estimate of drug-likeness (QED) is 0.683. The first-order valence-corrected chi connectivity index (χ1v) is 9.03. The second kappa shape index (κ2) is 6.70. The highest BCUT2D eigenvalue weighted by atomic mass is 35.5. The Morgan fingerprint density at radius 2 is 2.07 bits per heavy atom. The van der Waals surface area contributed by atoms with Gasteiger partial charge in [-0.25, -0.2) is 0 Å². The fraction of sp³-hybridized carbons (Fsp3) is 0.250. The molecule has 1 aromatic carbocycles. The van der Waals surface area contributed by atoms with E-state index >= 15 is 0 Å². The van der Waals surface area contributed by atoms with Crippen LogP contribution in [0.1, 0.15) is 29.1 Å². The molecule has 1 amide bonds. The lowest BCUT2D eigenvalue weighted by atomic mass is 10.0. The predicted molar refractivity (Wildman–Crippen MR) is 105 cm³/mol. The molecule has 4 rings (SSSR count). The molecule has 0 N–H and O–H groups in total. The molecule has 0 spiro atoms. The van der Waals surface area contributed by atoms with Crippen molar-refractivity contribution in [1.82, 2.24) is 14.8 Å². The summed E-state index contributed by atoms with van der Waals surface area (Å²) in [7, 11) is 1.57. The fourth-order valence-electron chi connectivity index (χ4n) is 3.43. The number of methoxy groups -OCH3 is 1. The van der Waals surface area contributed by atoms with Gasteiger partial charge in [0.2, 0.25) is 0 Å². The molecule has 1 atom stereocenters. The highest BCUT2D eigenvalue weighted by Crippen LogP contribution is 2.35. The van der Waals surface area contributed by atoms with Crippen molar-refractivity contribution in [2.45, 2.75) is 19.9 Å². The number of carbonyl (C=O) groups is 1. The summed E-state index contributed by atoms with van der Waals surface area (Å²) < 4.78 is 7.01. The van der Waals surface area contributed by atoms with Crippen LogP contribution in [0, 0.1) is 6.92 Å². The number of aryl methyl sites for hydroxylation is 1. The van der Waals surface area contributed by atoms with Gasteiger partial charge in [0.05, 0.1) is 24.4 Å². The van der Waals surface area contributed by atoms with Crippen LogP contribution in [-0.2, 0) is 0 Å². The number of benzene rings is 1. The van der Waals surface area contributed by atoms with Gasteiger partial charge in [-0.15, -0.1) is 0 Å². The van der Waals surface area contributed by atoms with Crippen LogP contribution in [0.2, 0.25) is 5.02 Å². The molecule has 3 aromatic rings. The van der Waals surface area contributed by atoms with Crippen LogP contribution in [0.5, 0.6) is 5.75 Å². The van der Waals surface area contributed by atoms with Gasteiger partial charge in [0, 0.05) is 29.7 Å². The number of fused-ring (bicyclic) bond motifs is 1. The summed E-state index contributed by atoms with van der Waals surface area (Å²) in [6, 6.07) is 9.26. The summed E-state index contributed by atoms with van der Waals surface area (Å²) in [4.78, 5) is 19.3. The molecular formula is C20H19ClN4O2. The number of halogens is 1. The SMILES string of the molecule is COc1ccc(N2C[C@H](C)n3ncc(-c4ccnc(C)c4)c3C2=O)cc1Cl. The van der Waals surface area contributed by atoms with E-state index in [0.717, 1.165) is 22.5 Å². The molecule has 7 heteroatoms. The summed E-state index contributed by atoms with van der Waals surface area (Å²) in [5.74, 6) is 0.479. The molecule has 1 aliphatic rings. The Kier molecular flexibility index (Phi) is 4.36. The highest BCUT2D eigenvalue weighted by Gasteiger charge is 2.34. The summed E-state index contributed by atoms with van der Waals surface area (Å²) in [5, 5.41) is 4.94. The van der Waals surface area contributed by atoms with Crippen LogP contribution in [-0.4, -0.2) is 34.3 Å². The number of aromatic nitrogens is 3. The van der Waals surface area contributed by atoms with Gasteiger partial charge in [-0.2, -0.15) is 5.10 Å². The molecule has 0 radical (unpaired) electrons. The van der Waals surface area contributed by atoms with Gasteiger partial charge in [0.1, 0.15) is 11.4 Å². The van der Waals surface area contributed by atoms with E-state index in [1.165, 1.54) is 0 Å². The highest BCUT2D eigenvalue weighted by molar-refractivity contribution is 6.32. The molecule has 138 valence electrons. The van der Waals surface area contributed by atoms with Crippen molar-refractivity contribution < 1.29 is 9.53 Å². The zero-order valence-electron chi connectivity index (χ0n) is 15.3. The molecule has 1 aliphatic heterocycles. The number of anilines is 1. The first-order chi connectivity index (χ1) is 13.0. The Hall–Kier alpha value is -2.86. The molecule has 0 fully saturated rings. The van der Waals surface area contributed by atoms with Crippen LogP contribution in [0.25, 0.3) is 11.1 Å². The number of hydrogen-bond acceptors (Lipinski definition) is 4. The molecule has 6 nitrogen and oxygen atoms in total. The zero-order valence-corrected chi connectivity index (χ0v) is 16.1. The van der Waals surface area contributed by atoms with Crippen LogP contribution >= 0.6 is 11.6 Å². The molecule has 27 heavy (non-hydrogen) atoms. The molecule has 0 aliphatic carbocycles. The van der Waals surface area contributed by atoms with Gasteiger partial charge in [-0.05, 0) is 49.7 Å². The minimum Gasteiger partial charge on any atom is -0.495 e. The Morgan fingerprint density at radius 3 is 2.78 bits per heavy atom. The van der Waals surface area contributed by atoms with Gasteiger partial charge in [0.25, 0.3) is 5.91 Å². The van der Waals surface area contributed by atoms with E-state index in [1.807, 2.05) is 32.0 Å². The van der Waals surface area contributed by atoms with E-state index in [2.05, 4.69) is 10.1 Å². The predicted octanol–water partition coefficient (Wildman–Crippen LogP) is 4.14. The maximum Gasteiger partial charge on any atom is 0.277 e. The summed E-state index contributed by atoms with van der Waals surface area (Å²) in [6.45, 7) is 4.49. The number of amides is 1. The monoisotopic (exact) mass is 382 g/mol. The third-order valence-corrected chi connectivity index (χ3v) is 5.06. The minimum atomic E-state index is -0.101. The molecule has 0 unspecified atom stereocenters. The van der Waals surface area contributed by atoms with Crippen LogP contribution in [0.4, 0.5) is 5.69 Å². The third-order valence-electron chi connectivity index (χ3n) is 4.76. The molecular weight excluding hydrogens is 364 g/mol. The number of hydrogen-bond donors (Lipinski definition) is 0. The van der Waals surface area contributed by atoms with Crippen molar-refractivity contribution in [1.29, 1.82) is 0 Å². The zero-order chi connectivity index (χ0) is 19.1. The van der Waals surface area contributed by atoms with E-state index in [1.54, 1.807) is 41.2 Å². The van der Waals surface area contributed by atoms with E-state index in [4.69, 9.17) is 16.3 Å². The Balaban J connectivity index is 1.79. The van der Waals surface area contributed by atoms with Gasteiger partial charge in [-0.3, -0.25) is 14.5 Å². The summed E-state index contributed by atoms with van der Waals surface area (Å²) in [5.41, 5.74) is 3.94. The summed E-state index contributed by atoms with van der Waals surface area (Å²) in [6.07, 6.45) is 3.50. The van der Waals surface area contributed by atoms with Gasteiger partial charge < -0.3 is 9.64 Å². The van der Waals surface area contributed by atoms with Crippen molar-refractivity contribution in [3.05, 3.63) is 59.1 Å². The average Bonchev–Trinajstić information content (AvgIpc) is 3.11. The van der Waals surface area contributed by atoms with Crippen LogP contribution in [0.3, 0.4) is 0 Å². The first kappa shape index (κ1) is 17.5. The lowest BCUT2D eigenvalue weighted by Gasteiger charge is -2.32. The number of carbonyl (C=O) groups excluding carboxylic acids is 1. The molecule has 2 aromatic heterocycles. The van der Waals surface area contributed by atoms with Crippen molar-refractivity contribution in [2.75, 3.05) is 18.6 Å². The lowest BCUT2D eigenvalue weighted by Crippen LogP contribution is -2.42. The maximum atomic E-state index is 13.3.